The van der Waals surface area contributed by atoms with Gasteiger partial charge in [0.15, 0.2) is 0 Å². The molecule has 2 N–H and O–H groups in total. The van der Waals surface area contributed by atoms with E-state index in [1.54, 1.807) is 29.2 Å². The molecule has 6 nitrogen and oxygen atoms in total. The summed E-state index contributed by atoms with van der Waals surface area (Å²) in [6.45, 7) is 8.14. The average Bonchev–Trinajstić information content (AvgIpc) is 3.04. The van der Waals surface area contributed by atoms with Crippen molar-refractivity contribution in [2.75, 3.05) is 22.1 Å². The van der Waals surface area contributed by atoms with Crippen LogP contribution in [0.5, 0.6) is 0 Å². The van der Waals surface area contributed by atoms with Gasteiger partial charge in [-0.2, -0.15) is 0 Å². The Morgan fingerprint density at radius 3 is 2.14 bits per heavy atom. The molecule has 0 aliphatic carbocycles. The highest BCUT2D eigenvalue weighted by molar-refractivity contribution is 6.04. The van der Waals surface area contributed by atoms with Crippen LogP contribution in [0.15, 0.2) is 48.5 Å². The molecule has 2 aromatic carbocycles. The zero-order valence-electron chi connectivity index (χ0n) is 17.3. The van der Waals surface area contributed by atoms with Gasteiger partial charge in [0.1, 0.15) is 0 Å². The third kappa shape index (κ3) is 4.83. The van der Waals surface area contributed by atoms with E-state index in [0.29, 0.717) is 17.9 Å². The summed E-state index contributed by atoms with van der Waals surface area (Å²) in [5.74, 6) is -0.781. The number of para-hydroxylation sites is 1. The van der Waals surface area contributed by atoms with Crippen LogP contribution in [0.2, 0.25) is 0 Å². The van der Waals surface area contributed by atoms with E-state index in [0.717, 1.165) is 11.3 Å². The second kappa shape index (κ2) is 8.07. The minimum Gasteiger partial charge on any atom is -0.326 e. The summed E-state index contributed by atoms with van der Waals surface area (Å²) in [6.07, 6.45) is 0.189. The summed E-state index contributed by atoms with van der Waals surface area (Å²) < 4.78 is 0. The van der Waals surface area contributed by atoms with Crippen LogP contribution in [0.4, 0.5) is 17.1 Å². The predicted octanol–water partition coefficient (Wildman–Crippen LogP) is 3.93. The van der Waals surface area contributed by atoms with E-state index in [-0.39, 0.29) is 29.6 Å². The van der Waals surface area contributed by atoms with Gasteiger partial charge in [0.25, 0.3) is 0 Å². The van der Waals surface area contributed by atoms with Crippen LogP contribution in [0.25, 0.3) is 0 Å². The minimum absolute atomic E-state index is 0.0390. The van der Waals surface area contributed by atoms with Crippen molar-refractivity contribution in [1.29, 1.82) is 0 Å². The SMILES string of the molecule is CC(=O)Nc1ccc(NC(=O)C2CC(=O)N(c3ccccc3C(C)(C)C)C2)cc1. The highest BCUT2D eigenvalue weighted by Gasteiger charge is 2.37. The van der Waals surface area contributed by atoms with Crippen molar-refractivity contribution in [1.82, 2.24) is 0 Å². The number of nitrogens with zero attached hydrogens (tertiary/aromatic N) is 1. The lowest BCUT2D eigenvalue weighted by Gasteiger charge is -2.27. The number of hydrogen-bond donors (Lipinski definition) is 2. The Balaban J connectivity index is 1.71. The maximum atomic E-state index is 12.7. The van der Waals surface area contributed by atoms with E-state index in [9.17, 15) is 14.4 Å². The van der Waals surface area contributed by atoms with Crippen LogP contribution in [0.3, 0.4) is 0 Å². The first kappa shape index (κ1) is 20.6. The van der Waals surface area contributed by atoms with Crippen molar-refractivity contribution in [3.05, 3.63) is 54.1 Å². The van der Waals surface area contributed by atoms with Crippen LogP contribution >= 0.6 is 0 Å². The third-order valence-corrected chi connectivity index (χ3v) is 4.97. The quantitative estimate of drug-likeness (QED) is 0.826. The van der Waals surface area contributed by atoms with Crippen molar-refractivity contribution in [2.24, 2.45) is 5.92 Å². The van der Waals surface area contributed by atoms with E-state index in [1.165, 1.54) is 6.92 Å². The fourth-order valence-corrected chi connectivity index (χ4v) is 3.54. The van der Waals surface area contributed by atoms with Crippen molar-refractivity contribution >= 4 is 34.8 Å². The fourth-order valence-electron chi connectivity index (χ4n) is 3.54. The van der Waals surface area contributed by atoms with Crippen molar-refractivity contribution < 1.29 is 14.4 Å². The van der Waals surface area contributed by atoms with Gasteiger partial charge >= 0.3 is 0 Å². The molecule has 29 heavy (non-hydrogen) atoms. The zero-order chi connectivity index (χ0) is 21.2. The molecule has 0 radical (unpaired) electrons. The Labute approximate surface area is 171 Å². The molecule has 0 saturated carbocycles. The van der Waals surface area contributed by atoms with E-state index in [4.69, 9.17) is 0 Å². The summed E-state index contributed by atoms with van der Waals surface area (Å²) in [5, 5.41) is 5.56. The summed E-state index contributed by atoms with van der Waals surface area (Å²) in [7, 11) is 0. The second-order valence-electron chi connectivity index (χ2n) is 8.42. The lowest BCUT2D eigenvalue weighted by Crippen LogP contribution is -2.30. The topological polar surface area (TPSA) is 78.5 Å². The van der Waals surface area contributed by atoms with E-state index >= 15 is 0 Å². The second-order valence-corrected chi connectivity index (χ2v) is 8.42. The maximum Gasteiger partial charge on any atom is 0.229 e. The number of carbonyl (C=O) groups excluding carboxylic acids is 3. The predicted molar refractivity (Wildman–Crippen MR) is 115 cm³/mol. The first-order chi connectivity index (χ1) is 13.6. The van der Waals surface area contributed by atoms with E-state index in [1.807, 2.05) is 24.3 Å². The van der Waals surface area contributed by atoms with Gasteiger partial charge in [-0.25, -0.2) is 0 Å². The largest absolute Gasteiger partial charge is 0.326 e. The Morgan fingerprint density at radius 1 is 0.966 bits per heavy atom. The highest BCUT2D eigenvalue weighted by Crippen LogP contribution is 2.35. The first-order valence-electron chi connectivity index (χ1n) is 9.73. The number of amides is 3. The Bertz CT molecular complexity index is 929. The molecule has 6 heteroatoms. The van der Waals surface area contributed by atoms with Crippen LogP contribution in [-0.2, 0) is 19.8 Å². The van der Waals surface area contributed by atoms with E-state index < -0.39 is 5.92 Å². The summed E-state index contributed by atoms with van der Waals surface area (Å²) in [6, 6.07) is 14.8. The first-order valence-corrected chi connectivity index (χ1v) is 9.73. The summed E-state index contributed by atoms with van der Waals surface area (Å²) >= 11 is 0. The number of carbonyl (C=O) groups is 3. The molecule has 152 valence electrons. The molecule has 2 aromatic rings. The smallest absolute Gasteiger partial charge is 0.229 e. The molecule has 1 unspecified atom stereocenters. The van der Waals surface area contributed by atoms with Gasteiger partial charge in [-0.15, -0.1) is 0 Å². The molecule has 1 heterocycles. The molecule has 0 spiro atoms. The number of hydrogen-bond acceptors (Lipinski definition) is 3. The monoisotopic (exact) mass is 393 g/mol. The van der Waals surface area contributed by atoms with Gasteiger partial charge < -0.3 is 15.5 Å². The number of rotatable bonds is 4. The van der Waals surface area contributed by atoms with Gasteiger partial charge in [-0.05, 0) is 41.3 Å². The molecule has 1 aliphatic heterocycles. The molecule has 0 aromatic heterocycles. The number of anilines is 3. The van der Waals surface area contributed by atoms with E-state index in [2.05, 4.69) is 31.4 Å². The Morgan fingerprint density at radius 2 is 1.55 bits per heavy atom. The van der Waals surface area contributed by atoms with Crippen molar-refractivity contribution in [3.8, 4) is 0 Å². The van der Waals surface area contributed by atoms with Gasteiger partial charge in [-0.3, -0.25) is 14.4 Å². The molecule has 1 aliphatic rings. The zero-order valence-corrected chi connectivity index (χ0v) is 17.3. The summed E-state index contributed by atoms with van der Waals surface area (Å²) in [4.78, 5) is 38.2. The average molecular weight is 393 g/mol. The molecule has 0 bridgehead atoms. The number of nitrogens with one attached hydrogen (secondary N) is 2. The van der Waals surface area contributed by atoms with Crippen LogP contribution in [-0.4, -0.2) is 24.3 Å². The molecule has 1 saturated heterocycles. The van der Waals surface area contributed by atoms with Gasteiger partial charge in [-0.1, -0.05) is 39.0 Å². The highest BCUT2D eigenvalue weighted by atomic mass is 16.2. The van der Waals surface area contributed by atoms with Crippen molar-refractivity contribution in [3.63, 3.8) is 0 Å². The number of benzene rings is 2. The lowest BCUT2D eigenvalue weighted by molar-refractivity contribution is -0.122. The molecule has 3 amide bonds. The minimum atomic E-state index is -0.412. The van der Waals surface area contributed by atoms with Crippen LogP contribution < -0.4 is 15.5 Å². The molecular formula is C23H27N3O3. The molecule has 1 atom stereocenters. The van der Waals surface area contributed by atoms with Crippen LogP contribution in [0.1, 0.15) is 39.7 Å². The molecule has 3 rings (SSSR count). The Kier molecular flexibility index (Phi) is 5.73. The third-order valence-electron chi connectivity index (χ3n) is 4.97. The summed E-state index contributed by atoms with van der Waals surface area (Å²) in [5.41, 5.74) is 3.15. The molecular weight excluding hydrogens is 366 g/mol. The molecule has 1 fully saturated rings. The maximum absolute atomic E-state index is 12.7. The van der Waals surface area contributed by atoms with Crippen molar-refractivity contribution in [2.45, 2.75) is 39.5 Å². The van der Waals surface area contributed by atoms with Crippen LogP contribution in [0, 0.1) is 5.92 Å². The normalized spacial score (nSPS) is 16.6. The van der Waals surface area contributed by atoms with Gasteiger partial charge in [0, 0.05) is 37.0 Å². The fraction of sp³-hybridized carbons (Fsp3) is 0.348. The lowest BCUT2D eigenvalue weighted by atomic mass is 9.85. The standard InChI is InChI=1S/C23H27N3O3/c1-15(27)24-17-9-11-18(12-10-17)25-22(29)16-13-21(28)26(14-16)20-8-6-5-7-19(20)23(2,3)4/h5-12,16H,13-14H2,1-4H3,(H,24,27)(H,25,29). The van der Waals surface area contributed by atoms with Gasteiger partial charge in [0.05, 0.1) is 5.92 Å². The Hall–Kier alpha value is -3.15. The van der Waals surface area contributed by atoms with Gasteiger partial charge in [0.2, 0.25) is 17.7 Å².